The van der Waals surface area contributed by atoms with Gasteiger partial charge in [-0.1, -0.05) is 0 Å². The second kappa shape index (κ2) is 4.55. The number of piperidine rings is 1. The van der Waals surface area contributed by atoms with Crippen LogP contribution < -0.4 is 10.4 Å². The van der Waals surface area contributed by atoms with Gasteiger partial charge in [-0.25, -0.2) is 0 Å². The number of hydrogen-bond acceptors (Lipinski definition) is 4. The number of nitrogens with zero attached hydrogens (tertiary/aromatic N) is 1. The van der Waals surface area contributed by atoms with E-state index in [1.807, 2.05) is 20.8 Å². The van der Waals surface area contributed by atoms with E-state index in [0.717, 1.165) is 0 Å². The quantitative estimate of drug-likeness (QED) is 0.654. The van der Waals surface area contributed by atoms with Crippen molar-refractivity contribution in [3.63, 3.8) is 0 Å². The molecular formula is C12H24N2O3. The summed E-state index contributed by atoms with van der Waals surface area (Å²) in [4.78, 5) is 11.5. The molecule has 100 valence electrons. The molecule has 1 heterocycles. The van der Waals surface area contributed by atoms with E-state index >= 15 is 0 Å². The third-order valence-electron chi connectivity index (χ3n) is 4.06. The molecule has 0 radical (unpaired) electrons. The lowest BCUT2D eigenvalue weighted by atomic mass is 9.86. The minimum Gasteiger partial charge on any atom is -0.498 e. The lowest BCUT2D eigenvalue weighted by molar-refractivity contribution is -0.925. The van der Waals surface area contributed by atoms with Crippen LogP contribution in [0.3, 0.4) is 0 Å². The molecule has 5 nitrogen and oxygen atoms in total. The molecule has 0 spiro atoms. The normalized spacial score (nSPS) is 34.6. The van der Waals surface area contributed by atoms with E-state index < -0.39 is 17.2 Å². The maximum atomic E-state index is 11.5. The Bertz CT molecular complexity index is 289. The van der Waals surface area contributed by atoms with Crippen LogP contribution in [0, 0.1) is 0 Å². The molecule has 1 amide bonds. The highest BCUT2D eigenvalue weighted by atomic mass is 16.4. The van der Waals surface area contributed by atoms with Gasteiger partial charge in [0.1, 0.15) is 0 Å². The van der Waals surface area contributed by atoms with Crippen LogP contribution in [0.2, 0.25) is 0 Å². The summed E-state index contributed by atoms with van der Waals surface area (Å²) in [6.07, 6.45) is -0.0675. The molecule has 0 atom stereocenters. The highest BCUT2D eigenvalue weighted by molar-refractivity contribution is 5.54. The molecule has 0 bridgehead atoms. The number of carbonyl (C=O) groups is 1. The Morgan fingerprint density at radius 1 is 1.41 bits per heavy atom. The van der Waals surface area contributed by atoms with Gasteiger partial charge in [0.25, 0.3) is 6.09 Å². The molecule has 5 heteroatoms. The fraction of sp³-hybridized carbons (Fsp3) is 0.917. The fourth-order valence-corrected chi connectivity index (χ4v) is 2.67. The summed E-state index contributed by atoms with van der Waals surface area (Å²) >= 11 is 0. The number of amides is 1. The van der Waals surface area contributed by atoms with Gasteiger partial charge in [-0.15, -0.1) is 0 Å². The number of hydrogen-bond donors (Lipinski definition) is 2. The van der Waals surface area contributed by atoms with Crippen LogP contribution in [0.15, 0.2) is 0 Å². The summed E-state index contributed by atoms with van der Waals surface area (Å²) in [5.74, 6) is 0. The van der Waals surface area contributed by atoms with Crippen molar-refractivity contribution in [2.45, 2.75) is 44.8 Å². The number of carboxylic acid groups (broad SMARTS) is 1. The van der Waals surface area contributed by atoms with Gasteiger partial charge < -0.3 is 20.3 Å². The van der Waals surface area contributed by atoms with E-state index in [1.165, 1.54) is 0 Å². The molecule has 0 aromatic carbocycles. The number of likely N-dealkylation sites (tertiary alicyclic amines) is 1. The first-order valence-electron chi connectivity index (χ1n) is 6.13. The Labute approximate surface area is 103 Å². The predicted molar refractivity (Wildman–Crippen MR) is 63.3 cm³/mol. The SMILES string of the molecule is CNCC1(O)CC[N+](C(=O)[O-])(C(C)(C)C)CC1. The Hall–Kier alpha value is -0.650. The third-order valence-corrected chi connectivity index (χ3v) is 4.06. The number of rotatable bonds is 2. The Balaban J connectivity index is 2.86. The topological polar surface area (TPSA) is 72.4 Å². The summed E-state index contributed by atoms with van der Waals surface area (Å²) in [5.41, 5.74) is -1.18. The van der Waals surface area contributed by atoms with Crippen LogP contribution in [-0.4, -0.2) is 53.5 Å². The van der Waals surface area contributed by atoms with Crippen molar-refractivity contribution >= 4 is 6.09 Å². The molecule has 1 fully saturated rings. The zero-order valence-corrected chi connectivity index (χ0v) is 11.2. The highest BCUT2D eigenvalue weighted by Crippen LogP contribution is 2.34. The third kappa shape index (κ3) is 2.61. The fourth-order valence-electron chi connectivity index (χ4n) is 2.67. The molecule has 0 aromatic heterocycles. The van der Waals surface area contributed by atoms with Crippen LogP contribution >= 0.6 is 0 Å². The number of quaternary nitrogens is 1. The minimum absolute atomic E-state index is 0.0704. The summed E-state index contributed by atoms with van der Waals surface area (Å²) in [6, 6.07) is 0. The molecule has 0 aromatic rings. The summed E-state index contributed by atoms with van der Waals surface area (Å²) in [6.45, 7) is 7.07. The van der Waals surface area contributed by atoms with Gasteiger partial charge in [-0.2, -0.15) is 0 Å². The van der Waals surface area contributed by atoms with Crippen molar-refractivity contribution in [1.29, 1.82) is 0 Å². The predicted octanol–water partition coefficient (Wildman–Crippen LogP) is -0.311. The maximum Gasteiger partial charge on any atom is 0.257 e. The molecular weight excluding hydrogens is 220 g/mol. The summed E-state index contributed by atoms with van der Waals surface area (Å²) < 4.78 is -0.0704. The molecule has 1 aliphatic heterocycles. The maximum absolute atomic E-state index is 11.5. The first-order chi connectivity index (χ1) is 7.67. The Morgan fingerprint density at radius 3 is 2.18 bits per heavy atom. The van der Waals surface area contributed by atoms with Crippen molar-refractivity contribution in [3.05, 3.63) is 0 Å². The van der Waals surface area contributed by atoms with Crippen molar-refractivity contribution in [1.82, 2.24) is 5.32 Å². The Kier molecular flexibility index (Phi) is 3.86. The standard InChI is InChI=1S/C12H24N2O3/c1-11(2,3)14(10(15)16)7-5-12(17,6-8-14)9-13-4/h13,17H,5-9H2,1-4H3. The molecule has 17 heavy (non-hydrogen) atoms. The zero-order valence-electron chi connectivity index (χ0n) is 11.2. The number of aliphatic hydroxyl groups is 1. The van der Waals surface area contributed by atoms with Gasteiger partial charge in [0, 0.05) is 19.4 Å². The monoisotopic (exact) mass is 244 g/mol. The zero-order chi connectivity index (χ0) is 13.3. The van der Waals surface area contributed by atoms with Crippen molar-refractivity contribution in [2.24, 2.45) is 0 Å². The number of nitrogens with one attached hydrogen (secondary N) is 1. The molecule has 0 unspecified atom stereocenters. The molecule has 0 aliphatic carbocycles. The highest BCUT2D eigenvalue weighted by Gasteiger charge is 2.49. The molecule has 1 rings (SSSR count). The van der Waals surface area contributed by atoms with Crippen LogP contribution in [0.25, 0.3) is 0 Å². The van der Waals surface area contributed by atoms with E-state index in [4.69, 9.17) is 0 Å². The van der Waals surface area contributed by atoms with Gasteiger partial charge in [-0.05, 0) is 27.8 Å². The second-order valence-corrected chi connectivity index (χ2v) is 6.11. The first kappa shape index (κ1) is 14.4. The molecule has 2 N–H and O–H groups in total. The smallest absolute Gasteiger partial charge is 0.257 e. The average molecular weight is 244 g/mol. The van der Waals surface area contributed by atoms with Gasteiger partial charge in [0.05, 0.1) is 24.2 Å². The summed E-state index contributed by atoms with van der Waals surface area (Å²) in [5, 5.41) is 24.7. The molecule has 1 saturated heterocycles. The largest absolute Gasteiger partial charge is 0.498 e. The molecule has 0 saturated carbocycles. The number of likely N-dealkylation sites (N-methyl/N-ethyl adjacent to an activating group) is 1. The van der Waals surface area contributed by atoms with Crippen molar-refractivity contribution in [2.75, 3.05) is 26.7 Å². The van der Waals surface area contributed by atoms with E-state index in [-0.39, 0.29) is 4.48 Å². The van der Waals surface area contributed by atoms with Crippen molar-refractivity contribution in [3.8, 4) is 0 Å². The lowest BCUT2D eigenvalue weighted by Crippen LogP contribution is -2.72. The van der Waals surface area contributed by atoms with Gasteiger partial charge in [0.2, 0.25) is 0 Å². The second-order valence-electron chi connectivity index (χ2n) is 6.11. The van der Waals surface area contributed by atoms with E-state index in [9.17, 15) is 15.0 Å². The van der Waals surface area contributed by atoms with Gasteiger partial charge in [-0.3, -0.25) is 4.48 Å². The van der Waals surface area contributed by atoms with Gasteiger partial charge in [0.15, 0.2) is 0 Å². The lowest BCUT2D eigenvalue weighted by Gasteiger charge is -2.53. The first-order valence-corrected chi connectivity index (χ1v) is 6.13. The van der Waals surface area contributed by atoms with E-state index in [0.29, 0.717) is 32.5 Å². The van der Waals surface area contributed by atoms with Gasteiger partial charge >= 0.3 is 0 Å². The van der Waals surface area contributed by atoms with E-state index in [1.54, 1.807) is 7.05 Å². The number of carbonyl (C=O) groups excluding carboxylic acids is 1. The summed E-state index contributed by atoms with van der Waals surface area (Å²) in [7, 11) is 1.79. The van der Waals surface area contributed by atoms with Crippen LogP contribution in [0.4, 0.5) is 4.79 Å². The minimum atomic E-state index is -1.04. The van der Waals surface area contributed by atoms with Crippen LogP contribution in [-0.2, 0) is 0 Å². The molecule has 1 aliphatic rings. The van der Waals surface area contributed by atoms with Crippen molar-refractivity contribution < 1.29 is 19.5 Å². The van der Waals surface area contributed by atoms with Crippen LogP contribution in [0.5, 0.6) is 0 Å². The van der Waals surface area contributed by atoms with E-state index in [2.05, 4.69) is 5.32 Å². The average Bonchev–Trinajstić information content (AvgIpc) is 2.16. The van der Waals surface area contributed by atoms with Crippen LogP contribution in [0.1, 0.15) is 33.6 Å². The Morgan fingerprint density at radius 2 is 1.88 bits per heavy atom.